The van der Waals surface area contributed by atoms with Crippen LogP contribution in [0.1, 0.15) is 63.2 Å². The number of carbonyl (C=O) groups excluding carboxylic acids is 2. The minimum Gasteiger partial charge on any atom is -0.495 e. The molecule has 8 nitrogen and oxygen atoms in total. The zero-order valence-corrected chi connectivity index (χ0v) is 19.0. The summed E-state index contributed by atoms with van der Waals surface area (Å²) >= 11 is 0. The molecule has 1 aliphatic heterocycles. The number of piperidine rings is 1. The number of sulfonamides is 1. The normalized spacial score (nSPS) is 17.6. The maximum absolute atomic E-state index is 13.2. The number of rotatable bonds is 9. The van der Waals surface area contributed by atoms with Crippen molar-refractivity contribution in [2.75, 3.05) is 20.3 Å². The van der Waals surface area contributed by atoms with E-state index in [-0.39, 0.29) is 34.2 Å². The third-order valence-corrected chi connectivity index (χ3v) is 7.45. The molecule has 0 aliphatic carbocycles. The van der Waals surface area contributed by atoms with Crippen LogP contribution in [0.15, 0.2) is 23.1 Å². The lowest BCUT2D eigenvalue weighted by atomic mass is 10.1. The first-order chi connectivity index (χ1) is 14.2. The molecule has 1 saturated heterocycles. The number of amides is 1. The summed E-state index contributed by atoms with van der Waals surface area (Å²) in [5, 5.41) is 2.79. The molecule has 1 aromatic rings. The molecule has 1 amide bonds. The smallest absolute Gasteiger partial charge is 0.338 e. The van der Waals surface area contributed by atoms with E-state index < -0.39 is 22.6 Å². The van der Waals surface area contributed by atoms with Crippen LogP contribution < -0.4 is 10.1 Å². The summed E-state index contributed by atoms with van der Waals surface area (Å²) < 4.78 is 38.2. The van der Waals surface area contributed by atoms with Gasteiger partial charge in [-0.1, -0.05) is 20.3 Å². The molecular formula is C21H32N2O6S. The highest BCUT2D eigenvalue weighted by Crippen LogP contribution is 2.31. The lowest BCUT2D eigenvalue weighted by molar-refractivity contribution is -0.125. The van der Waals surface area contributed by atoms with Crippen molar-refractivity contribution >= 4 is 21.9 Å². The van der Waals surface area contributed by atoms with Crippen molar-refractivity contribution in [3.05, 3.63) is 23.8 Å². The fourth-order valence-corrected chi connectivity index (χ4v) is 5.42. The molecule has 168 valence electrons. The van der Waals surface area contributed by atoms with Gasteiger partial charge in [-0.05, 0) is 50.8 Å². The summed E-state index contributed by atoms with van der Waals surface area (Å²) in [5.41, 5.74) is 0.0503. The number of esters is 1. The first-order valence-corrected chi connectivity index (χ1v) is 11.8. The van der Waals surface area contributed by atoms with Crippen LogP contribution in [0.3, 0.4) is 0 Å². The Bertz CT molecular complexity index is 851. The molecule has 30 heavy (non-hydrogen) atoms. The molecule has 1 unspecified atom stereocenters. The molecule has 0 aromatic heterocycles. The quantitative estimate of drug-likeness (QED) is 0.593. The van der Waals surface area contributed by atoms with Crippen molar-refractivity contribution in [1.82, 2.24) is 9.62 Å². The van der Waals surface area contributed by atoms with E-state index in [1.165, 1.54) is 29.6 Å². The van der Waals surface area contributed by atoms with E-state index in [4.69, 9.17) is 9.47 Å². The Morgan fingerprint density at radius 3 is 2.53 bits per heavy atom. The summed E-state index contributed by atoms with van der Waals surface area (Å²) in [6.07, 6.45) is 4.12. The zero-order valence-electron chi connectivity index (χ0n) is 18.1. The van der Waals surface area contributed by atoms with Gasteiger partial charge < -0.3 is 14.8 Å². The Morgan fingerprint density at radius 1 is 1.23 bits per heavy atom. The molecule has 9 heteroatoms. The fourth-order valence-electron chi connectivity index (χ4n) is 3.54. The van der Waals surface area contributed by atoms with Crippen molar-refractivity contribution in [3.63, 3.8) is 0 Å². The van der Waals surface area contributed by atoms with Gasteiger partial charge in [-0.15, -0.1) is 0 Å². The van der Waals surface area contributed by atoms with Gasteiger partial charge in [-0.3, -0.25) is 4.79 Å². The van der Waals surface area contributed by atoms with Crippen LogP contribution in [0.5, 0.6) is 5.75 Å². The highest BCUT2D eigenvalue weighted by molar-refractivity contribution is 7.89. The van der Waals surface area contributed by atoms with Crippen LogP contribution in [-0.4, -0.2) is 56.9 Å². The number of carbonyl (C=O) groups is 2. The molecule has 1 aromatic carbocycles. The van der Waals surface area contributed by atoms with E-state index in [1.54, 1.807) is 0 Å². The Morgan fingerprint density at radius 2 is 1.93 bits per heavy atom. The SMILES string of the molecule is CCC(CC)NC(=O)COC(=O)c1ccc(OC)c(S(=O)(=O)N2CCCCC2C)c1. The second kappa shape index (κ2) is 10.8. The molecule has 0 radical (unpaired) electrons. The maximum atomic E-state index is 13.2. The van der Waals surface area contributed by atoms with Crippen molar-refractivity contribution in [2.24, 2.45) is 0 Å². The van der Waals surface area contributed by atoms with E-state index in [1.807, 2.05) is 20.8 Å². The van der Waals surface area contributed by atoms with Gasteiger partial charge in [0.1, 0.15) is 10.6 Å². The number of benzene rings is 1. The number of hydrogen-bond donors (Lipinski definition) is 1. The Labute approximate surface area is 179 Å². The largest absolute Gasteiger partial charge is 0.495 e. The topological polar surface area (TPSA) is 102 Å². The lowest BCUT2D eigenvalue weighted by Gasteiger charge is -2.32. The molecule has 1 N–H and O–H groups in total. The first-order valence-electron chi connectivity index (χ1n) is 10.4. The third kappa shape index (κ3) is 5.72. The van der Waals surface area contributed by atoms with Crippen LogP contribution in [-0.2, 0) is 19.6 Å². The monoisotopic (exact) mass is 440 g/mol. The predicted molar refractivity (Wildman–Crippen MR) is 113 cm³/mol. The van der Waals surface area contributed by atoms with Crippen LogP contribution in [0.25, 0.3) is 0 Å². The van der Waals surface area contributed by atoms with E-state index in [0.29, 0.717) is 6.54 Å². The minimum absolute atomic E-state index is 0.0282. The fraction of sp³-hybridized carbons (Fsp3) is 0.619. The van der Waals surface area contributed by atoms with Gasteiger partial charge in [0.05, 0.1) is 12.7 Å². The van der Waals surface area contributed by atoms with E-state index in [9.17, 15) is 18.0 Å². The van der Waals surface area contributed by atoms with Crippen molar-refractivity contribution in [3.8, 4) is 5.75 Å². The zero-order chi connectivity index (χ0) is 22.3. The first kappa shape index (κ1) is 24.1. The molecule has 0 bridgehead atoms. The number of nitrogens with zero attached hydrogens (tertiary/aromatic N) is 1. The van der Waals surface area contributed by atoms with E-state index in [2.05, 4.69) is 5.32 Å². The average molecular weight is 441 g/mol. The molecule has 1 fully saturated rings. The van der Waals surface area contributed by atoms with E-state index in [0.717, 1.165) is 32.1 Å². The molecular weight excluding hydrogens is 408 g/mol. The second-order valence-corrected chi connectivity index (χ2v) is 9.34. The highest BCUT2D eigenvalue weighted by atomic mass is 32.2. The van der Waals surface area contributed by atoms with E-state index >= 15 is 0 Å². The molecule has 0 saturated carbocycles. The Balaban J connectivity index is 2.19. The van der Waals surface area contributed by atoms with Crippen molar-refractivity contribution < 1.29 is 27.5 Å². The Hall–Kier alpha value is -2.13. The second-order valence-electron chi connectivity index (χ2n) is 7.48. The number of ether oxygens (including phenoxy) is 2. The summed E-state index contributed by atoms with van der Waals surface area (Å²) in [5.74, 6) is -0.989. The molecule has 2 rings (SSSR count). The van der Waals surface area contributed by atoms with Gasteiger partial charge in [-0.25, -0.2) is 13.2 Å². The lowest BCUT2D eigenvalue weighted by Crippen LogP contribution is -2.42. The molecule has 1 aliphatic rings. The summed E-state index contributed by atoms with van der Waals surface area (Å²) in [4.78, 5) is 24.3. The predicted octanol–water partition coefficient (Wildman–Crippen LogP) is 2.72. The summed E-state index contributed by atoms with van der Waals surface area (Å²) in [6.45, 7) is 5.80. The van der Waals surface area contributed by atoms with Gasteiger partial charge in [0.25, 0.3) is 5.91 Å². The maximum Gasteiger partial charge on any atom is 0.338 e. The van der Waals surface area contributed by atoms with Crippen molar-refractivity contribution in [1.29, 1.82) is 0 Å². The number of methoxy groups -OCH3 is 1. The van der Waals surface area contributed by atoms with Crippen LogP contribution in [0.2, 0.25) is 0 Å². The highest BCUT2D eigenvalue weighted by Gasteiger charge is 2.33. The molecule has 1 atom stereocenters. The van der Waals surface area contributed by atoms with Gasteiger partial charge >= 0.3 is 5.97 Å². The van der Waals surface area contributed by atoms with Gasteiger partial charge in [0, 0.05) is 18.6 Å². The number of hydrogen-bond acceptors (Lipinski definition) is 6. The molecule has 0 spiro atoms. The third-order valence-electron chi connectivity index (χ3n) is 5.41. The van der Waals surface area contributed by atoms with Gasteiger partial charge in [0.15, 0.2) is 6.61 Å². The average Bonchev–Trinajstić information content (AvgIpc) is 2.75. The van der Waals surface area contributed by atoms with Crippen LogP contribution in [0.4, 0.5) is 0 Å². The summed E-state index contributed by atoms with van der Waals surface area (Å²) in [6, 6.07) is 4.02. The minimum atomic E-state index is -3.84. The molecule has 1 heterocycles. The Kier molecular flexibility index (Phi) is 8.66. The van der Waals surface area contributed by atoms with Gasteiger partial charge in [0.2, 0.25) is 10.0 Å². The standard InChI is InChI=1S/C21H32N2O6S/c1-5-17(6-2)22-20(24)14-29-21(25)16-10-11-18(28-4)19(13-16)30(26,27)23-12-8-7-9-15(23)3/h10-11,13,15,17H,5-9,12,14H2,1-4H3,(H,22,24). The van der Waals surface area contributed by atoms with Crippen LogP contribution >= 0.6 is 0 Å². The van der Waals surface area contributed by atoms with Crippen LogP contribution in [0, 0.1) is 0 Å². The number of nitrogens with one attached hydrogen (secondary N) is 1. The van der Waals surface area contributed by atoms with Gasteiger partial charge in [-0.2, -0.15) is 4.31 Å². The van der Waals surface area contributed by atoms with Crippen molar-refractivity contribution in [2.45, 2.75) is 69.9 Å². The summed E-state index contributed by atoms with van der Waals surface area (Å²) in [7, 11) is -2.46.